The highest BCUT2D eigenvalue weighted by atomic mass is 35.5. The molecule has 0 atom stereocenters. The summed E-state index contributed by atoms with van der Waals surface area (Å²) < 4.78 is 5.59. The lowest BCUT2D eigenvalue weighted by molar-refractivity contribution is 0.306. The summed E-state index contributed by atoms with van der Waals surface area (Å²) in [7, 11) is 0. The first-order valence-electron chi connectivity index (χ1n) is 4.97. The minimum Gasteiger partial charge on any atom is -0.487 e. The molecule has 0 radical (unpaired) electrons. The Bertz CT molecular complexity index is 485. The normalized spacial score (nSPS) is 10.1. The van der Waals surface area contributed by atoms with Gasteiger partial charge in [0.1, 0.15) is 12.4 Å². The zero-order valence-corrected chi connectivity index (χ0v) is 9.45. The summed E-state index contributed by atoms with van der Waals surface area (Å²) in [6.07, 6.45) is 0. The van der Waals surface area contributed by atoms with Crippen LogP contribution in [0.5, 0.6) is 5.75 Å². The second kappa shape index (κ2) is 4.90. The number of ether oxygens (including phenoxy) is 1. The third-order valence-corrected chi connectivity index (χ3v) is 2.49. The molecule has 0 aromatic heterocycles. The number of anilines is 1. The average molecular weight is 234 g/mol. The van der Waals surface area contributed by atoms with Gasteiger partial charge >= 0.3 is 0 Å². The Morgan fingerprint density at radius 3 is 2.62 bits per heavy atom. The molecule has 0 aliphatic carbocycles. The highest BCUT2D eigenvalue weighted by Crippen LogP contribution is 2.24. The first kappa shape index (κ1) is 10.8. The molecule has 0 saturated heterocycles. The second-order valence-electron chi connectivity index (χ2n) is 3.46. The molecular formula is C13H12ClNO. The molecule has 0 saturated carbocycles. The molecule has 0 bridgehead atoms. The molecule has 0 amide bonds. The van der Waals surface area contributed by atoms with Crippen molar-refractivity contribution in [3.05, 3.63) is 59.1 Å². The van der Waals surface area contributed by atoms with Crippen LogP contribution in [0.25, 0.3) is 0 Å². The molecule has 2 rings (SSSR count). The molecule has 3 heteroatoms. The van der Waals surface area contributed by atoms with Crippen molar-refractivity contribution in [3.63, 3.8) is 0 Å². The highest BCUT2D eigenvalue weighted by molar-refractivity contribution is 6.32. The molecule has 2 nitrogen and oxygen atoms in total. The number of hydrogen-bond acceptors (Lipinski definition) is 2. The number of hydrogen-bond donors (Lipinski definition) is 1. The monoisotopic (exact) mass is 233 g/mol. The van der Waals surface area contributed by atoms with E-state index in [0.29, 0.717) is 17.4 Å². The molecule has 2 aromatic rings. The molecular weight excluding hydrogens is 222 g/mol. The molecule has 16 heavy (non-hydrogen) atoms. The van der Waals surface area contributed by atoms with Crippen LogP contribution in [0.3, 0.4) is 0 Å². The number of halogens is 1. The fourth-order valence-corrected chi connectivity index (χ4v) is 1.60. The number of nitrogens with two attached hydrogens (primary N) is 1. The van der Waals surface area contributed by atoms with Crippen molar-refractivity contribution in [3.8, 4) is 5.75 Å². The maximum atomic E-state index is 5.97. The van der Waals surface area contributed by atoms with E-state index in [1.807, 2.05) is 42.5 Å². The molecule has 2 aromatic carbocycles. The van der Waals surface area contributed by atoms with Crippen molar-refractivity contribution in [2.45, 2.75) is 6.61 Å². The molecule has 0 unspecified atom stereocenters. The number of nitrogen functional groups attached to an aromatic ring is 1. The minimum atomic E-state index is 0.467. The lowest BCUT2D eigenvalue weighted by atomic mass is 10.2. The van der Waals surface area contributed by atoms with E-state index >= 15 is 0 Å². The summed E-state index contributed by atoms with van der Waals surface area (Å²) >= 11 is 5.97. The van der Waals surface area contributed by atoms with Crippen molar-refractivity contribution >= 4 is 17.3 Å². The van der Waals surface area contributed by atoms with Gasteiger partial charge in [-0.15, -0.1) is 0 Å². The van der Waals surface area contributed by atoms with Crippen molar-refractivity contribution in [1.29, 1.82) is 0 Å². The van der Waals surface area contributed by atoms with Crippen LogP contribution in [-0.2, 0) is 6.61 Å². The third kappa shape index (κ3) is 2.67. The largest absolute Gasteiger partial charge is 0.487 e. The summed E-state index contributed by atoms with van der Waals surface area (Å²) in [5.74, 6) is 0.687. The first-order valence-corrected chi connectivity index (χ1v) is 5.35. The molecule has 0 fully saturated rings. The van der Waals surface area contributed by atoms with E-state index in [1.54, 1.807) is 6.07 Å². The smallest absolute Gasteiger partial charge is 0.138 e. The van der Waals surface area contributed by atoms with E-state index in [-0.39, 0.29) is 0 Å². The van der Waals surface area contributed by atoms with Gasteiger partial charge in [0.25, 0.3) is 0 Å². The van der Waals surface area contributed by atoms with Gasteiger partial charge in [-0.25, -0.2) is 0 Å². The Morgan fingerprint density at radius 1 is 1.06 bits per heavy atom. The van der Waals surface area contributed by atoms with Crippen molar-refractivity contribution < 1.29 is 4.74 Å². The van der Waals surface area contributed by atoms with Crippen molar-refractivity contribution in [2.75, 3.05) is 5.73 Å². The summed E-state index contributed by atoms with van der Waals surface area (Å²) in [6.45, 7) is 0.467. The standard InChI is InChI=1S/C13H12ClNO/c14-12-6-1-2-7-13(12)16-9-10-4-3-5-11(15)8-10/h1-8H,9,15H2. The number of rotatable bonds is 3. The van der Waals surface area contributed by atoms with Gasteiger partial charge < -0.3 is 10.5 Å². The fourth-order valence-electron chi connectivity index (χ4n) is 1.41. The summed E-state index contributed by atoms with van der Waals surface area (Å²) in [6, 6.07) is 15.0. The van der Waals surface area contributed by atoms with Crippen LogP contribution in [0, 0.1) is 0 Å². The second-order valence-corrected chi connectivity index (χ2v) is 3.87. The van der Waals surface area contributed by atoms with Gasteiger partial charge in [-0.05, 0) is 29.8 Å². The lowest BCUT2D eigenvalue weighted by Gasteiger charge is -2.08. The van der Waals surface area contributed by atoms with Gasteiger partial charge in [0.05, 0.1) is 5.02 Å². The van der Waals surface area contributed by atoms with E-state index in [4.69, 9.17) is 22.1 Å². The molecule has 0 spiro atoms. The molecule has 0 aliphatic heterocycles. The van der Waals surface area contributed by atoms with E-state index in [1.165, 1.54) is 0 Å². The lowest BCUT2D eigenvalue weighted by Crippen LogP contribution is -1.96. The summed E-state index contributed by atoms with van der Waals surface area (Å²) in [5.41, 5.74) is 7.44. The Morgan fingerprint density at radius 2 is 1.88 bits per heavy atom. The Balaban J connectivity index is 2.05. The van der Waals surface area contributed by atoms with Crippen LogP contribution in [0.2, 0.25) is 5.02 Å². The zero-order chi connectivity index (χ0) is 11.4. The van der Waals surface area contributed by atoms with Crippen LogP contribution in [0.4, 0.5) is 5.69 Å². The molecule has 0 heterocycles. The van der Waals surface area contributed by atoms with Gasteiger partial charge in [0, 0.05) is 5.69 Å². The van der Waals surface area contributed by atoms with E-state index < -0.39 is 0 Å². The topological polar surface area (TPSA) is 35.2 Å². The quantitative estimate of drug-likeness (QED) is 0.824. The molecule has 82 valence electrons. The van der Waals surface area contributed by atoms with Gasteiger partial charge in [-0.1, -0.05) is 35.9 Å². The summed E-state index contributed by atoms with van der Waals surface area (Å²) in [4.78, 5) is 0. The Labute approximate surface area is 99.6 Å². The van der Waals surface area contributed by atoms with Gasteiger partial charge in [-0.2, -0.15) is 0 Å². The van der Waals surface area contributed by atoms with Crippen molar-refractivity contribution in [1.82, 2.24) is 0 Å². The SMILES string of the molecule is Nc1cccc(COc2ccccc2Cl)c1. The summed E-state index contributed by atoms with van der Waals surface area (Å²) in [5, 5.41) is 0.617. The maximum Gasteiger partial charge on any atom is 0.138 e. The predicted molar refractivity (Wildman–Crippen MR) is 66.6 cm³/mol. The van der Waals surface area contributed by atoms with Crippen LogP contribution in [-0.4, -0.2) is 0 Å². The highest BCUT2D eigenvalue weighted by Gasteiger charge is 2.00. The zero-order valence-electron chi connectivity index (χ0n) is 8.69. The fraction of sp³-hybridized carbons (Fsp3) is 0.0769. The van der Waals surface area contributed by atoms with Gasteiger partial charge in [0.15, 0.2) is 0 Å². The third-order valence-electron chi connectivity index (χ3n) is 2.18. The van der Waals surface area contributed by atoms with Gasteiger partial charge in [-0.3, -0.25) is 0 Å². The van der Waals surface area contributed by atoms with E-state index in [9.17, 15) is 0 Å². The molecule has 2 N–H and O–H groups in total. The maximum absolute atomic E-state index is 5.97. The average Bonchev–Trinajstić information content (AvgIpc) is 2.28. The Kier molecular flexibility index (Phi) is 3.32. The van der Waals surface area contributed by atoms with Crippen LogP contribution < -0.4 is 10.5 Å². The Hall–Kier alpha value is -1.67. The first-order chi connectivity index (χ1) is 7.75. The number of para-hydroxylation sites is 1. The number of benzene rings is 2. The van der Waals surface area contributed by atoms with E-state index in [2.05, 4.69) is 0 Å². The van der Waals surface area contributed by atoms with Gasteiger partial charge in [0.2, 0.25) is 0 Å². The van der Waals surface area contributed by atoms with Crippen LogP contribution in [0.1, 0.15) is 5.56 Å². The van der Waals surface area contributed by atoms with Crippen molar-refractivity contribution in [2.24, 2.45) is 0 Å². The molecule has 0 aliphatic rings. The van der Waals surface area contributed by atoms with Crippen LogP contribution >= 0.6 is 11.6 Å². The predicted octanol–water partition coefficient (Wildman–Crippen LogP) is 3.50. The van der Waals surface area contributed by atoms with E-state index in [0.717, 1.165) is 11.3 Å². The minimum absolute atomic E-state index is 0.467. The van der Waals surface area contributed by atoms with Crippen LogP contribution in [0.15, 0.2) is 48.5 Å².